The van der Waals surface area contributed by atoms with Crippen molar-refractivity contribution < 1.29 is 0 Å². The number of nitrogens with two attached hydrogens (primary N) is 1. The van der Waals surface area contributed by atoms with Gasteiger partial charge in [-0.3, -0.25) is 0 Å². The van der Waals surface area contributed by atoms with Crippen LogP contribution in [0.3, 0.4) is 0 Å². The van der Waals surface area contributed by atoms with E-state index in [0.717, 1.165) is 0 Å². The summed E-state index contributed by atoms with van der Waals surface area (Å²) in [4.78, 5) is 0. The molecule has 0 saturated carbocycles. The summed E-state index contributed by atoms with van der Waals surface area (Å²) in [5.74, 6) is 0. The Kier molecular flexibility index (Phi) is 1.51. The van der Waals surface area contributed by atoms with Gasteiger partial charge < -0.3 is 0 Å². The van der Waals surface area contributed by atoms with Gasteiger partial charge in [0.05, 0.1) is 0 Å². The van der Waals surface area contributed by atoms with Crippen LogP contribution in [0.25, 0.3) is 0 Å². The minimum absolute atomic E-state index is 0.348. The van der Waals surface area contributed by atoms with Crippen molar-refractivity contribution in [2.45, 2.75) is 17.3 Å². The number of hydrogen-bond donors (Lipinski definition) is 1. The van der Waals surface area contributed by atoms with Crippen LogP contribution in [0.15, 0.2) is 24.3 Å². The Morgan fingerprint density at radius 2 is 1.91 bits per heavy atom. The SMILES string of the molecule is CC1(C)c2ccccc2I1N. The molecule has 0 fully saturated rings. The van der Waals surface area contributed by atoms with Crippen molar-refractivity contribution in [3.8, 4) is 0 Å². The molecule has 2 heteroatoms. The maximum atomic E-state index is 6.12. The molecule has 1 aliphatic heterocycles. The van der Waals surface area contributed by atoms with Crippen LogP contribution in [-0.2, 0) is 3.42 Å². The molecule has 1 heterocycles. The summed E-state index contributed by atoms with van der Waals surface area (Å²) >= 11 is -1.24. The standard InChI is InChI=1S/C9H12IN/c1-9(2)7-5-3-4-6-8(7)10(9)11/h3-6H,11H2,1-2H3. The van der Waals surface area contributed by atoms with Crippen LogP contribution in [0.1, 0.15) is 19.4 Å². The van der Waals surface area contributed by atoms with Gasteiger partial charge in [-0.2, -0.15) is 0 Å². The molecule has 0 aliphatic carbocycles. The summed E-state index contributed by atoms with van der Waals surface area (Å²) < 4.78 is 7.95. The van der Waals surface area contributed by atoms with Crippen LogP contribution in [0, 0.1) is 3.57 Å². The topological polar surface area (TPSA) is 26.0 Å². The molecule has 0 radical (unpaired) electrons. The number of hydrogen-bond acceptors (Lipinski definition) is 1. The van der Waals surface area contributed by atoms with E-state index in [4.69, 9.17) is 3.95 Å². The van der Waals surface area contributed by atoms with E-state index in [-0.39, 0.29) is 0 Å². The summed E-state index contributed by atoms with van der Waals surface area (Å²) in [6.45, 7) is 4.53. The fraction of sp³-hybridized carbons (Fsp3) is 0.333. The first kappa shape index (κ1) is 7.55. The van der Waals surface area contributed by atoms with Crippen LogP contribution in [0.2, 0.25) is 0 Å². The molecule has 0 spiro atoms. The second kappa shape index (κ2) is 2.20. The van der Waals surface area contributed by atoms with E-state index in [0.29, 0.717) is 3.42 Å². The zero-order chi connectivity index (χ0) is 8.06. The number of rotatable bonds is 0. The molecule has 1 aromatic rings. The predicted molar refractivity (Wildman–Crippen MR) is 56.4 cm³/mol. The van der Waals surface area contributed by atoms with Crippen molar-refractivity contribution in [3.05, 3.63) is 33.4 Å². The number of halogens is 1. The maximum absolute atomic E-state index is 6.12. The molecule has 0 amide bonds. The Bertz CT molecular complexity index is 293. The molecule has 1 nitrogen and oxygen atoms in total. The van der Waals surface area contributed by atoms with Crippen molar-refractivity contribution in [1.82, 2.24) is 0 Å². The third-order valence-electron chi connectivity index (χ3n) is 2.24. The van der Waals surface area contributed by atoms with Gasteiger partial charge in [0, 0.05) is 0 Å². The third kappa shape index (κ3) is 0.856. The Morgan fingerprint density at radius 1 is 1.27 bits per heavy atom. The second-order valence-electron chi connectivity index (χ2n) is 3.27. The van der Waals surface area contributed by atoms with Gasteiger partial charge in [-0.15, -0.1) is 0 Å². The summed E-state index contributed by atoms with van der Waals surface area (Å²) in [6, 6.07) is 8.58. The summed E-state index contributed by atoms with van der Waals surface area (Å²) in [6.07, 6.45) is 0. The van der Waals surface area contributed by atoms with E-state index in [9.17, 15) is 0 Å². The van der Waals surface area contributed by atoms with Crippen molar-refractivity contribution in [2.75, 3.05) is 0 Å². The Hall–Kier alpha value is -0.0900. The first-order valence-corrected chi connectivity index (χ1v) is 7.08. The molecule has 0 bridgehead atoms. The van der Waals surface area contributed by atoms with E-state index >= 15 is 0 Å². The van der Waals surface area contributed by atoms with Crippen LogP contribution < -0.4 is 3.95 Å². The van der Waals surface area contributed by atoms with E-state index < -0.39 is 20.1 Å². The molecule has 0 aromatic heterocycles. The van der Waals surface area contributed by atoms with Crippen LogP contribution in [0.5, 0.6) is 0 Å². The molecule has 2 rings (SSSR count). The molecule has 1 aliphatic rings. The quantitative estimate of drug-likeness (QED) is 0.433. The van der Waals surface area contributed by atoms with E-state index in [2.05, 4.69) is 38.1 Å². The average Bonchev–Trinajstić information content (AvgIpc) is 2.04. The molecule has 0 atom stereocenters. The predicted octanol–water partition coefficient (Wildman–Crippen LogP) is 2.49. The number of alkyl halides is 1. The van der Waals surface area contributed by atoms with Gasteiger partial charge in [0.2, 0.25) is 0 Å². The van der Waals surface area contributed by atoms with Gasteiger partial charge in [-0.05, 0) is 0 Å². The summed E-state index contributed by atoms with van der Waals surface area (Å²) in [5.41, 5.74) is 1.48. The molecule has 0 unspecified atom stereocenters. The monoisotopic (exact) mass is 261 g/mol. The normalized spacial score (nSPS) is 22.3. The van der Waals surface area contributed by atoms with Gasteiger partial charge in [-0.25, -0.2) is 0 Å². The molecule has 0 saturated heterocycles. The third-order valence-corrected chi connectivity index (χ3v) is 7.92. The van der Waals surface area contributed by atoms with E-state index in [1.54, 1.807) is 0 Å². The summed E-state index contributed by atoms with van der Waals surface area (Å²) in [5, 5.41) is 0. The van der Waals surface area contributed by atoms with Crippen molar-refractivity contribution in [2.24, 2.45) is 3.95 Å². The average molecular weight is 261 g/mol. The Morgan fingerprint density at radius 3 is 2.55 bits per heavy atom. The van der Waals surface area contributed by atoms with Gasteiger partial charge in [0.1, 0.15) is 0 Å². The zero-order valence-corrected chi connectivity index (χ0v) is 8.92. The number of fused-ring (bicyclic) bond motifs is 1. The van der Waals surface area contributed by atoms with Gasteiger partial charge >= 0.3 is 74.7 Å². The Balaban J connectivity index is 2.56. The molecular weight excluding hydrogens is 249 g/mol. The summed E-state index contributed by atoms with van der Waals surface area (Å²) in [7, 11) is 0. The first-order chi connectivity index (χ1) is 5.14. The van der Waals surface area contributed by atoms with Crippen LogP contribution in [-0.4, -0.2) is 0 Å². The fourth-order valence-corrected chi connectivity index (χ4v) is 5.66. The van der Waals surface area contributed by atoms with Crippen molar-refractivity contribution in [1.29, 1.82) is 0 Å². The molecule has 11 heavy (non-hydrogen) atoms. The molecule has 2 N–H and O–H groups in total. The van der Waals surface area contributed by atoms with Gasteiger partial charge in [0.25, 0.3) is 0 Å². The molecule has 60 valence electrons. The Labute approximate surface area is 74.7 Å². The van der Waals surface area contributed by atoms with Crippen molar-refractivity contribution >= 4 is 20.1 Å². The fourth-order valence-electron chi connectivity index (χ4n) is 1.44. The molecular formula is C9H12IN. The van der Waals surface area contributed by atoms with Crippen LogP contribution in [0.4, 0.5) is 0 Å². The molecule has 1 aromatic carbocycles. The minimum atomic E-state index is -1.24. The van der Waals surface area contributed by atoms with Gasteiger partial charge in [0.15, 0.2) is 0 Å². The number of benzene rings is 1. The second-order valence-corrected chi connectivity index (χ2v) is 8.91. The first-order valence-electron chi connectivity index (χ1n) is 3.67. The van der Waals surface area contributed by atoms with Gasteiger partial charge in [-0.1, -0.05) is 0 Å². The zero-order valence-electron chi connectivity index (χ0n) is 6.76. The van der Waals surface area contributed by atoms with E-state index in [1.165, 1.54) is 9.13 Å². The van der Waals surface area contributed by atoms with Crippen molar-refractivity contribution in [3.63, 3.8) is 0 Å². The van der Waals surface area contributed by atoms with Crippen LogP contribution >= 0.6 is 20.1 Å². The van der Waals surface area contributed by atoms with E-state index in [1.807, 2.05) is 0 Å².